The molecule has 1 saturated heterocycles. The Morgan fingerprint density at radius 3 is 2.70 bits per heavy atom. The van der Waals surface area contributed by atoms with Gasteiger partial charge in [0.05, 0.1) is 12.2 Å². The normalized spacial score (nSPS) is 28.6. The lowest BCUT2D eigenvalue weighted by molar-refractivity contribution is -0.117. The van der Waals surface area contributed by atoms with E-state index in [0.717, 1.165) is 23.5 Å². The van der Waals surface area contributed by atoms with E-state index in [0.29, 0.717) is 13.1 Å². The van der Waals surface area contributed by atoms with Crippen molar-refractivity contribution in [3.63, 3.8) is 0 Å². The van der Waals surface area contributed by atoms with Gasteiger partial charge in [0.2, 0.25) is 5.91 Å². The maximum atomic E-state index is 11.9. The van der Waals surface area contributed by atoms with Gasteiger partial charge in [-0.15, -0.1) is 0 Å². The molecule has 0 saturated carbocycles. The standard InChI is InChI=1S/C14H19N3O3/c1-2-15-13-9-4-3-8(5-10(9)16-14(13)20)17-6-11(18)12(19)7-17/h3-5,11-13,15,18-19H,2,6-7H2,1H3,(H,16,20). The SMILES string of the molecule is CCNC1C(=O)Nc2cc(N3CC(O)C(O)C3)ccc21. The molecule has 3 unspecified atom stereocenters. The first-order valence-corrected chi connectivity index (χ1v) is 6.89. The van der Waals surface area contributed by atoms with Gasteiger partial charge >= 0.3 is 0 Å². The lowest BCUT2D eigenvalue weighted by atomic mass is 10.1. The van der Waals surface area contributed by atoms with Crippen LogP contribution in [0.15, 0.2) is 18.2 Å². The number of benzene rings is 1. The van der Waals surface area contributed by atoms with Crippen LogP contribution in [0, 0.1) is 0 Å². The van der Waals surface area contributed by atoms with Crippen molar-refractivity contribution in [3.8, 4) is 0 Å². The highest BCUT2D eigenvalue weighted by Gasteiger charge is 2.33. The van der Waals surface area contributed by atoms with Gasteiger partial charge in [0, 0.05) is 30.0 Å². The minimum absolute atomic E-state index is 0.0412. The molecule has 1 amide bonds. The van der Waals surface area contributed by atoms with Crippen molar-refractivity contribution in [1.29, 1.82) is 0 Å². The van der Waals surface area contributed by atoms with Crippen LogP contribution < -0.4 is 15.5 Å². The Kier molecular flexibility index (Phi) is 3.37. The molecule has 0 aromatic heterocycles. The molecule has 2 heterocycles. The van der Waals surface area contributed by atoms with Gasteiger partial charge in [0.25, 0.3) is 0 Å². The van der Waals surface area contributed by atoms with Crippen LogP contribution in [0.2, 0.25) is 0 Å². The average molecular weight is 277 g/mol. The second kappa shape index (κ2) is 5.05. The number of β-amino-alcohol motifs (C(OH)–C–C–N with tert-alkyl or cyclic N) is 2. The lowest BCUT2D eigenvalue weighted by Crippen LogP contribution is -2.27. The highest BCUT2D eigenvalue weighted by molar-refractivity contribution is 6.03. The number of likely N-dealkylation sites (N-methyl/N-ethyl adjacent to an activating group) is 1. The summed E-state index contributed by atoms with van der Waals surface area (Å²) in [6, 6.07) is 5.45. The number of anilines is 2. The van der Waals surface area contributed by atoms with E-state index >= 15 is 0 Å². The molecular weight excluding hydrogens is 258 g/mol. The van der Waals surface area contributed by atoms with Gasteiger partial charge in [-0.3, -0.25) is 4.79 Å². The summed E-state index contributed by atoms with van der Waals surface area (Å²) in [7, 11) is 0. The third-order valence-electron chi connectivity index (χ3n) is 3.90. The van der Waals surface area contributed by atoms with Crippen LogP contribution >= 0.6 is 0 Å². The van der Waals surface area contributed by atoms with Crippen LogP contribution in [0.1, 0.15) is 18.5 Å². The molecule has 6 heteroatoms. The molecule has 108 valence electrons. The predicted molar refractivity (Wildman–Crippen MR) is 75.7 cm³/mol. The van der Waals surface area contributed by atoms with E-state index in [4.69, 9.17) is 0 Å². The number of carbonyl (C=O) groups excluding carboxylic acids is 1. The van der Waals surface area contributed by atoms with E-state index in [1.54, 1.807) is 0 Å². The topological polar surface area (TPSA) is 84.8 Å². The average Bonchev–Trinajstić information content (AvgIpc) is 2.91. The van der Waals surface area contributed by atoms with Gasteiger partial charge in [0.1, 0.15) is 6.04 Å². The third-order valence-corrected chi connectivity index (χ3v) is 3.90. The molecule has 2 aliphatic heterocycles. The smallest absolute Gasteiger partial charge is 0.246 e. The molecule has 1 fully saturated rings. The summed E-state index contributed by atoms with van der Waals surface area (Å²) in [4.78, 5) is 13.8. The number of hydrogen-bond donors (Lipinski definition) is 4. The van der Waals surface area contributed by atoms with E-state index in [1.807, 2.05) is 30.0 Å². The molecule has 1 aromatic carbocycles. The van der Waals surface area contributed by atoms with E-state index < -0.39 is 12.2 Å². The first-order valence-electron chi connectivity index (χ1n) is 6.89. The molecule has 3 rings (SSSR count). The number of hydrogen-bond acceptors (Lipinski definition) is 5. The van der Waals surface area contributed by atoms with Crippen LogP contribution in [0.25, 0.3) is 0 Å². The molecule has 6 nitrogen and oxygen atoms in total. The Balaban J connectivity index is 1.85. The van der Waals surface area contributed by atoms with Gasteiger partial charge in [-0.25, -0.2) is 0 Å². The molecule has 0 spiro atoms. The quantitative estimate of drug-likeness (QED) is 0.616. The third kappa shape index (κ3) is 2.15. The summed E-state index contributed by atoms with van der Waals surface area (Å²) >= 11 is 0. The van der Waals surface area contributed by atoms with E-state index in [-0.39, 0.29) is 11.9 Å². The largest absolute Gasteiger partial charge is 0.389 e. The van der Waals surface area contributed by atoms with E-state index in [2.05, 4.69) is 10.6 Å². The molecule has 0 radical (unpaired) electrons. The van der Waals surface area contributed by atoms with Crippen molar-refractivity contribution in [2.45, 2.75) is 25.2 Å². The molecule has 20 heavy (non-hydrogen) atoms. The first-order chi connectivity index (χ1) is 9.60. The minimum Gasteiger partial charge on any atom is -0.389 e. The summed E-state index contributed by atoms with van der Waals surface area (Å²) in [5.74, 6) is -0.0412. The van der Waals surface area contributed by atoms with Crippen LogP contribution in [0.3, 0.4) is 0 Å². The summed E-state index contributed by atoms with van der Waals surface area (Å²) in [6.07, 6.45) is -1.43. The maximum absolute atomic E-state index is 11.9. The van der Waals surface area contributed by atoms with Crippen molar-refractivity contribution in [2.24, 2.45) is 0 Å². The number of amides is 1. The van der Waals surface area contributed by atoms with Crippen LogP contribution in [-0.4, -0.2) is 48.0 Å². The van der Waals surface area contributed by atoms with Crippen molar-refractivity contribution in [2.75, 3.05) is 29.9 Å². The Morgan fingerprint density at radius 2 is 2.05 bits per heavy atom. The summed E-state index contributed by atoms with van der Waals surface area (Å²) in [5.41, 5.74) is 2.65. The highest BCUT2D eigenvalue weighted by Crippen LogP contribution is 2.34. The number of fused-ring (bicyclic) bond motifs is 1. The van der Waals surface area contributed by atoms with E-state index in [1.165, 1.54) is 0 Å². The maximum Gasteiger partial charge on any atom is 0.246 e. The van der Waals surface area contributed by atoms with Gasteiger partial charge in [-0.05, 0) is 18.7 Å². The molecule has 0 aliphatic carbocycles. The van der Waals surface area contributed by atoms with Crippen LogP contribution in [0.4, 0.5) is 11.4 Å². The number of carbonyl (C=O) groups is 1. The van der Waals surface area contributed by atoms with Crippen LogP contribution in [0.5, 0.6) is 0 Å². The Bertz CT molecular complexity index is 524. The summed E-state index contributed by atoms with van der Waals surface area (Å²) < 4.78 is 0. The molecule has 3 atom stereocenters. The second-order valence-corrected chi connectivity index (χ2v) is 5.29. The monoisotopic (exact) mass is 277 g/mol. The van der Waals surface area contributed by atoms with Crippen molar-refractivity contribution < 1.29 is 15.0 Å². The first kappa shape index (κ1) is 13.4. The Hall–Kier alpha value is -1.63. The zero-order valence-corrected chi connectivity index (χ0v) is 11.3. The van der Waals surface area contributed by atoms with Crippen molar-refractivity contribution in [3.05, 3.63) is 23.8 Å². The summed E-state index contributed by atoms with van der Waals surface area (Å²) in [6.45, 7) is 3.51. The lowest BCUT2D eigenvalue weighted by Gasteiger charge is -2.18. The molecular formula is C14H19N3O3. The number of aliphatic hydroxyl groups excluding tert-OH is 2. The number of nitrogens with zero attached hydrogens (tertiary/aromatic N) is 1. The zero-order valence-electron chi connectivity index (χ0n) is 11.3. The molecule has 4 N–H and O–H groups in total. The predicted octanol–water partition coefficient (Wildman–Crippen LogP) is -0.169. The number of rotatable bonds is 3. The number of nitrogens with one attached hydrogen (secondary N) is 2. The fourth-order valence-corrected chi connectivity index (χ4v) is 2.83. The number of aliphatic hydroxyl groups is 2. The van der Waals surface area contributed by atoms with Gasteiger partial charge in [-0.2, -0.15) is 0 Å². The summed E-state index contributed by atoms with van der Waals surface area (Å²) in [5, 5.41) is 25.2. The fourth-order valence-electron chi connectivity index (χ4n) is 2.83. The van der Waals surface area contributed by atoms with Crippen molar-refractivity contribution in [1.82, 2.24) is 5.32 Å². The van der Waals surface area contributed by atoms with Gasteiger partial charge < -0.3 is 25.7 Å². The van der Waals surface area contributed by atoms with E-state index in [9.17, 15) is 15.0 Å². The fraction of sp³-hybridized carbons (Fsp3) is 0.500. The van der Waals surface area contributed by atoms with Crippen LogP contribution in [-0.2, 0) is 4.79 Å². The Labute approximate surface area is 117 Å². The van der Waals surface area contributed by atoms with Gasteiger partial charge in [-0.1, -0.05) is 13.0 Å². The van der Waals surface area contributed by atoms with Gasteiger partial charge in [0.15, 0.2) is 0 Å². The minimum atomic E-state index is -0.715. The Morgan fingerprint density at radius 1 is 1.35 bits per heavy atom. The highest BCUT2D eigenvalue weighted by atomic mass is 16.3. The molecule has 1 aromatic rings. The second-order valence-electron chi connectivity index (χ2n) is 5.29. The van der Waals surface area contributed by atoms with Crippen molar-refractivity contribution >= 4 is 17.3 Å². The molecule has 2 aliphatic rings. The molecule has 0 bridgehead atoms. The zero-order chi connectivity index (χ0) is 14.3.